The Hall–Kier alpha value is -0.0900. The maximum Gasteiger partial charge on any atom is 0.262 e. The predicted octanol–water partition coefficient (Wildman–Crippen LogP) is 3.14. The van der Waals surface area contributed by atoms with Gasteiger partial charge in [-0.15, -0.1) is 0 Å². The van der Waals surface area contributed by atoms with E-state index in [2.05, 4.69) is 31.9 Å². The van der Waals surface area contributed by atoms with Crippen molar-refractivity contribution in [1.29, 1.82) is 5.26 Å². The minimum Gasteiger partial charge on any atom is -0.207 e. The number of hydrogen-bond acceptors (Lipinski definition) is 3. The molecular formula is C8H4Br2ClNO2S. The number of rotatable bonds is 2. The van der Waals surface area contributed by atoms with Crippen LogP contribution in [0.1, 0.15) is 11.1 Å². The van der Waals surface area contributed by atoms with Crippen molar-refractivity contribution < 1.29 is 8.42 Å². The number of alkyl halides is 1. The zero-order chi connectivity index (χ0) is 11.6. The molecule has 0 amide bonds. The van der Waals surface area contributed by atoms with Gasteiger partial charge in [0.2, 0.25) is 0 Å². The van der Waals surface area contributed by atoms with Gasteiger partial charge in [-0.3, -0.25) is 0 Å². The second-order valence-electron chi connectivity index (χ2n) is 2.60. The zero-order valence-corrected chi connectivity index (χ0v) is 11.9. The summed E-state index contributed by atoms with van der Waals surface area (Å²) in [6.07, 6.45) is 0. The van der Waals surface area contributed by atoms with Crippen LogP contribution in [0.5, 0.6) is 0 Å². The van der Waals surface area contributed by atoms with Gasteiger partial charge in [-0.05, 0) is 27.6 Å². The van der Waals surface area contributed by atoms with E-state index >= 15 is 0 Å². The number of halogens is 3. The molecule has 0 atom stereocenters. The summed E-state index contributed by atoms with van der Waals surface area (Å²) in [5.41, 5.74) is 0.974. The maximum absolute atomic E-state index is 11.1. The first kappa shape index (κ1) is 13.0. The van der Waals surface area contributed by atoms with E-state index in [1.807, 2.05) is 6.07 Å². The van der Waals surface area contributed by atoms with Gasteiger partial charge in [-0.25, -0.2) is 8.42 Å². The summed E-state index contributed by atoms with van der Waals surface area (Å²) < 4.78 is 22.5. The quantitative estimate of drug-likeness (QED) is 0.591. The van der Waals surface area contributed by atoms with E-state index in [9.17, 15) is 8.42 Å². The molecule has 1 rings (SSSR count). The molecule has 0 radical (unpaired) electrons. The molecular weight excluding hydrogens is 369 g/mol. The Morgan fingerprint density at radius 3 is 2.47 bits per heavy atom. The molecule has 0 N–H and O–H groups in total. The molecule has 0 unspecified atom stereocenters. The highest BCUT2D eigenvalue weighted by Crippen LogP contribution is 2.31. The fourth-order valence-electron chi connectivity index (χ4n) is 1.02. The topological polar surface area (TPSA) is 57.9 Å². The van der Waals surface area contributed by atoms with Crippen LogP contribution < -0.4 is 0 Å². The molecule has 1 aromatic rings. The first-order valence-corrected chi connectivity index (χ1v) is 7.86. The van der Waals surface area contributed by atoms with Crippen molar-refractivity contribution in [3.63, 3.8) is 0 Å². The molecule has 0 aliphatic carbocycles. The van der Waals surface area contributed by atoms with E-state index < -0.39 is 9.05 Å². The Labute approximate surface area is 109 Å². The Kier molecular flexibility index (Phi) is 4.18. The number of nitrogens with zero attached hydrogens (tertiary/aromatic N) is 1. The SMILES string of the molecule is N#Cc1c(CBr)ccc(S(=O)(=O)Cl)c1Br. The molecule has 0 aliphatic rings. The molecule has 80 valence electrons. The lowest BCUT2D eigenvalue weighted by atomic mass is 10.1. The van der Waals surface area contributed by atoms with Crippen molar-refractivity contribution in [1.82, 2.24) is 0 Å². The van der Waals surface area contributed by atoms with Gasteiger partial charge in [-0.2, -0.15) is 5.26 Å². The normalized spacial score (nSPS) is 11.1. The van der Waals surface area contributed by atoms with Crippen LogP contribution in [0.4, 0.5) is 0 Å². The molecule has 0 spiro atoms. The average Bonchev–Trinajstić information content (AvgIpc) is 2.15. The van der Waals surface area contributed by atoms with Crippen molar-refractivity contribution in [2.75, 3.05) is 0 Å². The fourth-order valence-corrected chi connectivity index (χ4v) is 3.81. The third-order valence-corrected chi connectivity index (χ3v) is 4.77. The lowest BCUT2D eigenvalue weighted by molar-refractivity contribution is 0.609. The summed E-state index contributed by atoms with van der Waals surface area (Å²) in [4.78, 5) is -0.0922. The molecule has 1 aromatic carbocycles. The zero-order valence-electron chi connectivity index (χ0n) is 7.17. The fraction of sp³-hybridized carbons (Fsp3) is 0.125. The van der Waals surface area contributed by atoms with Gasteiger partial charge in [-0.1, -0.05) is 22.0 Å². The summed E-state index contributed by atoms with van der Waals surface area (Å²) in [5.74, 6) is 0. The minimum atomic E-state index is -3.83. The van der Waals surface area contributed by atoms with E-state index in [-0.39, 0.29) is 14.9 Å². The second-order valence-corrected chi connectivity index (χ2v) is 6.48. The van der Waals surface area contributed by atoms with Crippen LogP contribution in [0.15, 0.2) is 21.5 Å². The standard InChI is InChI=1S/C8H4Br2ClNO2S/c9-3-5-1-2-7(15(11,13)14)8(10)6(5)4-12/h1-2H,3H2. The molecule has 15 heavy (non-hydrogen) atoms. The molecule has 0 saturated carbocycles. The highest BCUT2D eigenvalue weighted by atomic mass is 79.9. The van der Waals surface area contributed by atoms with E-state index in [0.29, 0.717) is 10.9 Å². The highest BCUT2D eigenvalue weighted by molar-refractivity contribution is 9.10. The van der Waals surface area contributed by atoms with E-state index in [1.165, 1.54) is 6.07 Å². The Morgan fingerprint density at radius 1 is 1.47 bits per heavy atom. The molecule has 0 fully saturated rings. The second kappa shape index (κ2) is 4.83. The van der Waals surface area contributed by atoms with Crippen molar-refractivity contribution in [2.24, 2.45) is 0 Å². The molecule has 7 heteroatoms. The van der Waals surface area contributed by atoms with Crippen LogP contribution in [-0.4, -0.2) is 8.42 Å². The maximum atomic E-state index is 11.1. The largest absolute Gasteiger partial charge is 0.262 e. The summed E-state index contributed by atoms with van der Waals surface area (Å²) in [6, 6.07) is 4.84. The number of nitriles is 1. The Balaban J connectivity index is 3.59. The van der Waals surface area contributed by atoms with Gasteiger partial charge in [0.1, 0.15) is 6.07 Å². The first-order valence-electron chi connectivity index (χ1n) is 3.64. The van der Waals surface area contributed by atoms with Crippen molar-refractivity contribution >= 4 is 51.6 Å². The van der Waals surface area contributed by atoms with Crippen LogP contribution in [0.3, 0.4) is 0 Å². The van der Waals surface area contributed by atoms with Crippen LogP contribution in [-0.2, 0) is 14.4 Å². The first-order chi connectivity index (χ1) is 6.91. The summed E-state index contributed by atoms with van der Waals surface area (Å²) in [6.45, 7) is 0. The van der Waals surface area contributed by atoms with Gasteiger partial charge in [0.05, 0.1) is 14.9 Å². The van der Waals surface area contributed by atoms with Crippen LogP contribution >= 0.6 is 42.5 Å². The van der Waals surface area contributed by atoms with E-state index in [0.717, 1.165) is 0 Å². The van der Waals surface area contributed by atoms with Crippen molar-refractivity contribution in [3.05, 3.63) is 27.7 Å². The van der Waals surface area contributed by atoms with Gasteiger partial charge in [0, 0.05) is 16.0 Å². The monoisotopic (exact) mass is 371 g/mol. The van der Waals surface area contributed by atoms with Gasteiger partial charge in [0.15, 0.2) is 0 Å². The van der Waals surface area contributed by atoms with Gasteiger partial charge >= 0.3 is 0 Å². The van der Waals surface area contributed by atoms with Crippen LogP contribution in [0.25, 0.3) is 0 Å². The average molecular weight is 373 g/mol. The molecule has 0 bridgehead atoms. The molecule has 0 heterocycles. The highest BCUT2D eigenvalue weighted by Gasteiger charge is 2.18. The molecule has 0 aromatic heterocycles. The predicted molar refractivity (Wildman–Crippen MR) is 64.5 cm³/mol. The Bertz CT molecular complexity index is 536. The molecule has 0 saturated heterocycles. The van der Waals surface area contributed by atoms with Gasteiger partial charge in [0.25, 0.3) is 9.05 Å². The van der Waals surface area contributed by atoms with E-state index in [4.69, 9.17) is 15.9 Å². The van der Waals surface area contributed by atoms with Gasteiger partial charge < -0.3 is 0 Å². The number of benzene rings is 1. The van der Waals surface area contributed by atoms with Crippen molar-refractivity contribution in [2.45, 2.75) is 10.2 Å². The van der Waals surface area contributed by atoms with Crippen LogP contribution in [0, 0.1) is 11.3 Å². The molecule has 3 nitrogen and oxygen atoms in total. The van der Waals surface area contributed by atoms with Crippen molar-refractivity contribution in [3.8, 4) is 6.07 Å². The summed E-state index contributed by atoms with van der Waals surface area (Å²) in [5, 5.41) is 9.35. The minimum absolute atomic E-state index is 0.0922. The Morgan fingerprint density at radius 2 is 2.07 bits per heavy atom. The van der Waals surface area contributed by atoms with Crippen LogP contribution in [0.2, 0.25) is 0 Å². The summed E-state index contributed by atoms with van der Waals surface area (Å²) >= 11 is 6.27. The third-order valence-electron chi connectivity index (χ3n) is 1.71. The summed E-state index contributed by atoms with van der Waals surface area (Å²) in [7, 11) is 1.38. The lowest BCUT2D eigenvalue weighted by Crippen LogP contribution is -1.97. The smallest absolute Gasteiger partial charge is 0.207 e. The van der Waals surface area contributed by atoms with E-state index in [1.54, 1.807) is 6.07 Å². The number of hydrogen-bond donors (Lipinski definition) is 0. The molecule has 0 aliphatic heterocycles. The lowest BCUT2D eigenvalue weighted by Gasteiger charge is -2.05. The third kappa shape index (κ3) is 2.72.